The van der Waals surface area contributed by atoms with Gasteiger partial charge in [-0.1, -0.05) is 15.9 Å². The number of carbonyl (C=O) groups is 1. The second-order valence-electron chi connectivity index (χ2n) is 3.52. The Bertz CT molecular complexity index is 516. The third-order valence-electron chi connectivity index (χ3n) is 2.39. The van der Waals surface area contributed by atoms with Crippen LogP contribution in [0.15, 0.2) is 24.4 Å². The predicted octanol–water partition coefficient (Wildman–Crippen LogP) is 2.54. The average Bonchev–Trinajstić information content (AvgIpc) is 2.59. The fourth-order valence-corrected chi connectivity index (χ4v) is 1.81. The molecule has 1 aromatic heterocycles. The summed E-state index contributed by atoms with van der Waals surface area (Å²) in [7, 11) is 1.89. The molecule has 1 heterocycles. The summed E-state index contributed by atoms with van der Waals surface area (Å²) in [5.41, 5.74) is 1.76. The largest absolute Gasteiger partial charge is 0.293 e. The van der Waals surface area contributed by atoms with Crippen LogP contribution in [0.4, 0.5) is 0 Å². The van der Waals surface area contributed by atoms with E-state index in [0.717, 1.165) is 16.5 Å². The summed E-state index contributed by atoms with van der Waals surface area (Å²) in [6, 6.07) is 5.64. The Hall–Kier alpha value is -1.16. The van der Waals surface area contributed by atoms with E-state index in [2.05, 4.69) is 21.0 Å². The molecule has 0 aliphatic heterocycles. The van der Waals surface area contributed by atoms with E-state index in [4.69, 9.17) is 0 Å². The number of fused-ring (bicyclic) bond motifs is 1. The lowest BCUT2D eigenvalue weighted by Crippen LogP contribution is -2.09. The fourth-order valence-electron chi connectivity index (χ4n) is 1.55. The summed E-state index contributed by atoms with van der Waals surface area (Å²) >= 11 is 3.28. The molecule has 15 heavy (non-hydrogen) atoms. The quantitative estimate of drug-likeness (QED) is 0.619. The maximum Gasteiger partial charge on any atom is 0.176 e. The van der Waals surface area contributed by atoms with Gasteiger partial charge in [0.25, 0.3) is 0 Å². The van der Waals surface area contributed by atoms with Crippen molar-refractivity contribution in [1.82, 2.24) is 9.78 Å². The van der Waals surface area contributed by atoms with Gasteiger partial charge in [0.05, 0.1) is 16.5 Å². The van der Waals surface area contributed by atoms with Gasteiger partial charge in [0.1, 0.15) is 0 Å². The Labute approximate surface area is 96.2 Å². The molecule has 0 aliphatic rings. The van der Waals surface area contributed by atoms with Crippen molar-refractivity contribution in [3.8, 4) is 0 Å². The van der Waals surface area contributed by atoms with Gasteiger partial charge in [-0.05, 0) is 25.1 Å². The van der Waals surface area contributed by atoms with E-state index in [9.17, 15) is 4.79 Å². The third-order valence-corrected chi connectivity index (χ3v) is 2.81. The van der Waals surface area contributed by atoms with Crippen LogP contribution in [0, 0.1) is 0 Å². The van der Waals surface area contributed by atoms with Crippen LogP contribution in [0.5, 0.6) is 0 Å². The molecule has 0 saturated heterocycles. The molecule has 78 valence electrons. The van der Waals surface area contributed by atoms with Crippen LogP contribution in [0.1, 0.15) is 17.3 Å². The number of nitrogens with zero attached hydrogens (tertiary/aromatic N) is 2. The van der Waals surface area contributed by atoms with Crippen molar-refractivity contribution in [2.75, 3.05) is 0 Å². The second kappa shape index (κ2) is 3.77. The van der Waals surface area contributed by atoms with Gasteiger partial charge in [-0.25, -0.2) is 0 Å². The summed E-state index contributed by atoms with van der Waals surface area (Å²) in [4.78, 5) is 11.6. The number of hydrogen-bond acceptors (Lipinski definition) is 2. The van der Waals surface area contributed by atoms with Crippen molar-refractivity contribution in [3.63, 3.8) is 0 Å². The minimum Gasteiger partial charge on any atom is -0.293 e. The first-order valence-corrected chi connectivity index (χ1v) is 5.61. The molecule has 3 nitrogen and oxygen atoms in total. The standard InChI is InChI=1S/C11H11BrN2O/c1-7(12)11(15)8-3-4-10-9(5-8)6-13-14(10)2/h3-7H,1-2H3. The van der Waals surface area contributed by atoms with Crippen molar-refractivity contribution >= 4 is 32.6 Å². The molecule has 1 unspecified atom stereocenters. The zero-order chi connectivity index (χ0) is 11.0. The van der Waals surface area contributed by atoms with E-state index >= 15 is 0 Å². The molecular weight excluding hydrogens is 256 g/mol. The van der Waals surface area contributed by atoms with Crippen LogP contribution >= 0.6 is 15.9 Å². The fraction of sp³-hybridized carbons (Fsp3) is 0.273. The van der Waals surface area contributed by atoms with Gasteiger partial charge in [-0.15, -0.1) is 0 Å². The summed E-state index contributed by atoms with van der Waals surface area (Å²) in [5.74, 6) is 0.0979. The SMILES string of the molecule is CC(Br)C(=O)c1ccc2c(cnn2C)c1. The molecular formula is C11H11BrN2O. The summed E-state index contributed by atoms with van der Waals surface area (Å²) < 4.78 is 1.79. The van der Waals surface area contributed by atoms with Crippen LogP contribution in [-0.2, 0) is 7.05 Å². The number of halogens is 1. The number of rotatable bonds is 2. The summed E-state index contributed by atoms with van der Waals surface area (Å²) in [6.07, 6.45) is 1.77. The highest BCUT2D eigenvalue weighted by Gasteiger charge is 2.12. The zero-order valence-electron chi connectivity index (χ0n) is 8.57. The van der Waals surface area contributed by atoms with Crippen molar-refractivity contribution in [1.29, 1.82) is 0 Å². The lowest BCUT2D eigenvalue weighted by Gasteiger charge is -2.02. The first-order chi connectivity index (χ1) is 7.09. The summed E-state index contributed by atoms with van der Waals surface area (Å²) in [6.45, 7) is 1.83. The Balaban J connectivity index is 2.52. The molecule has 1 atom stereocenters. The second-order valence-corrected chi connectivity index (χ2v) is 4.90. The number of aryl methyl sites for hydroxylation is 1. The topological polar surface area (TPSA) is 34.9 Å². The van der Waals surface area contributed by atoms with E-state index in [0.29, 0.717) is 0 Å². The molecule has 4 heteroatoms. The Morgan fingerprint density at radius 1 is 1.53 bits per heavy atom. The van der Waals surface area contributed by atoms with Crippen LogP contribution in [0.2, 0.25) is 0 Å². The van der Waals surface area contributed by atoms with Crippen LogP contribution in [0.25, 0.3) is 10.9 Å². The Morgan fingerprint density at radius 3 is 2.93 bits per heavy atom. The highest BCUT2D eigenvalue weighted by atomic mass is 79.9. The molecule has 0 fully saturated rings. The molecule has 0 saturated carbocycles. The highest BCUT2D eigenvalue weighted by molar-refractivity contribution is 9.10. The first kappa shape index (κ1) is 10.4. The van der Waals surface area contributed by atoms with Gasteiger partial charge in [0, 0.05) is 18.0 Å². The number of hydrogen-bond donors (Lipinski definition) is 0. The predicted molar refractivity (Wildman–Crippen MR) is 63.4 cm³/mol. The number of benzene rings is 1. The van der Waals surface area contributed by atoms with Crippen molar-refractivity contribution < 1.29 is 4.79 Å². The van der Waals surface area contributed by atoms with Gasteiger partial charge in [-0.3, -0.25) is 9.48 Å². The van der Waals surface area contributed by atoms with Gasteiger partial charge >= 0.3 is 0 Å². The number of carbonyl (C=O) groups excluding carboxylic acids is 1. The maximum atomic E-state index is 11.7. The first-order valence-electron chi connectivity index (χ1n) is 4.69. The van der Waals surface area contributed by atoms with Crippen LogP contribution in [0.3, 0.4) is 0 Å². The third kappa shape index (κ3) is 1.81. The van der Waals surface area contributed by atoms with Gasteiger partial charge in [-0.2, -0.15) is 5.10 Å². The molecule has 2 rings (SSSR count). The molecule has 0 aliphatic carbocycles. The van der Waals surface area contributed by atoms with E-state index in [1.807, 2.05) is 32.2 Å². The average molecular weight is 267 g/mol. The Morgan fingerprint density at radius 2 is 2.27 bits per heavy atom. The normalized spacial score (nSPS) is 13.0. The minimum absolute atomic E-state index is 0.0979. The number of ketones is 1. The summed E-state index contributed by atoms with van der Waals surface area (Å²) in [5, 5.41) is 5.13. The molecule has 0 bridgehead atoms. The van der Waals surface area contributed by atoms with Crippen molar-refractivity contribution in [3.05, 3.63) is 30.0 Å². The number of alkyl halides is 1. The monoisotopic (exact) mass is 266 g/mol. The highest BCUT2D eigenvalue weighted by Crippen LogP contribution is 2.17. The molecule has 0 amide bonds. The number of aromatic nitrogens is 2. The molecule has 1 aromatic carbocycles. The molecule has 0 spiro atoms. The van der Waals surface area contributed by atoms with E-state index in [1.54, 1.807) is 10.9 Å². The zero-order valence-corrected chi connectivity index (χ0v) is 10.2. The Kier molecular flexibility index (Phi) is 2.61. The van der Waals surface area contributed by atoms with Crippen LogP contribution in [-0.4, -0.2) is 20.4 Å². The smallest absolute Gasteiger partial charge is 0.176 e. The maximum absolute atomic E-state index is 11.7. The molecule has 0 radical (unpaired) electrons. The number of Topliss-reactive ketones (excluding diaryl/α,β-unsaturated/α-hetero) is 1. The van der Waals surface area contributed by atoms with Crippen LogP contribution < -0.4 is 0 Å². The van der Waals surface area contributed by atoms with Gasteiger partial charge < -0.3 is 0 Å². The van der Waals surface area contributed by atoms with E-state index in [-0.39, 0.29) is 10.6 Å². The van der Waals surface area contributed by atoms with Crippen molar-refractivity contribution in [2.45, 2.75) is 11.8 Å². The van der Waals surface area contributed by atoms with Gasteiger partial charge in [0.2, 0.25) is 0 Å². The molecule has 2 aromatic rings. The molecule has 0 N–H and O–H groups in total. The van der Waals surface area contributed by atoms with E-state index in [1.165, 1.54) is 0 Å². The van der Waals surface area contributed by atoms with Gasteiger partial charge in [0.15, 0.2) is 5.78 Å². The minimum atomic E-state index is -0.147. The van der Waals surface area contributed by atoms with Crippen molar-refractivity contribution in [2.24, 2.45) is 7.05 Å². The lowest BCUT2D eigenvalue weighted by molar-refractivity contribution is 0.0996. The lowest BCUT2D eigenvalue weighted by atomic mass is 10.1. The van der Waals surface area contributed by atoms with E-state index < -0.39 is 0 Å².